The zero-order valence-corrected chi connectivity index (χ0v) is 15.3. The van der Waals surface area contributed by atoms with Crippen molar-refractivity contribution in [1.29, 1.82) is 0 Å². The second-order valence-corrected chi connectivity index (χ2v) is 5.87. The molecule has 2 aromatic rings. The number of hydrogen-bond acceptors (Lipinski definition) is 5. The highest BCUT2D eigenvalue weighted by Gasteiger charge is 2.14. The van der Waals surface area contributed by atoms with Gasteiger partial charge in [0, 0.05) is 16.0 Å². The van der Waals surface area contributed by atoms with Crippen molar-refractivity contribution in [2.24, 2.45) is 0 Å². The summed E-state index contributed by atoms with van der Waals surface area (Å²) in [6, 6.07) is 9.80. The lowest BCUT2D eigenvalue weighted by molar-refractivity contribution is -0.0513. The van der Waals surface area contributed by atoms with Crippen molar-refractivity contribution in [3.8, 4) is 17.2 Å². The molecule has 0 aromatic heterocycles. The fourth-order valence-corrected chi connectivity index (χ4v) is 2.84. The van der Waals surface area contributed by atoms with Crippen LogP contribution in [0.15, 0.2) is 47.4 Å². The third-order valence-electron chi connectivity index (χ3n) is 3.52. The smallest absolute Gasteiger partial charge is 0.387 e. The highest BCUT2D eigenvalue weighted by atomic mass is 32.2. The van der Waals surface area contributed by atoms with Gasteiger partial charge in [0.05, 0.1) is 14.2 Å². The van der Waals surface area contributed by atoms with Gasteiger partial charge >= 0.3 is 6.61 Å². The maximum atomic E-state index is 12.7. The van der Waals surface area contributed by atoms with E-state index in [0.29, 0.717) is 16.9 Å². The normalized spacial score (nSPS) is 11.0. The van der Waals surface area contributed by atoms with Crippen LogP contribution in [0.5, 0.6) is 17.2 Å². The third kappa shape index (κ3) is 4.76. The molecule has 0 amide bonds. The number of alkyl halides is 2. The Hall–Kier alpha value is -2.54. The van der Waals surface area contributed by atoms with Crippen LogP contribution in [0.4, 0.5) is 8.78 Å². The number of ether oxygens (including phenoxy) is 3. The first-order valence-corrected chi connectivity index (χ1v) is 8.78. The number of ketones is 1. The lowest BCUT2D eigenvalue weighted by Crippen LogP contribution is -2.05. The molecule has 2 aromatic carbocycles. The molecule has 0 fully saturated rings. The number of hydrogen-bond donors (Lipinski definition) is 0. The molecule has 0 radical (unpaired) electrons. The second kappa shape index (κ2) is 9.24. The highest BCUT2D eigenvalue weighted by molar-refractivity contribution is 7.98. The summed E-state index contributed by atoms with van der Waals surface area (Å²) in [5.74, 6) is 0.344. The Balaban J connectivity index is 2.31. The maximum absolute atomic E-state index is 12.7. The van der Waals surface area contributed by atoms with Crippen molar-refractivity contribution in [2.75, 3.05) is 20.5 Å². The summed E-state index contributed by atoms with van der Waals surface area (Å²) in [5, 5.41) is 0. The molecule has 0 aliphatic heterocycles. The topological polar surface area (TPSA) is 44.8 Å². The van der Waals surface area contributed by atoms with Crippen LogP contribution in [0.3, 0.4) is 0 Å². The first kappa shape index (κ1) is 19.8. The van der Waals surface area contributed by atoms with Gasteiger partial charge < -0.3 is 14.2 Å². The van der Waals surface area contributed by atoms with Crippen LogP contribution in [0, 0.1) is 0 Å². The van der Waals surface area contributed by atoms with Gasteiger partial charge in [-0.3, -0.25) is 4.79 Å². The zero-order valence-electron chi connectivity index (χ0n) is 14.5. The van der Waals surface area contributed by atoms with E-state index in [1.807, 2.05) is 6.26 Å². The van der Waals surface area contributed by atoms with E-state index in [1.165, 1.54) is 44.2 Å². The van der Waals surface area contributed by atoms with E-state index in [1.54, 1.807) is 30.3 Å². The minimum atomic E-state index is -3.00. The predicted molar refractivity (Wildman–Crippen MR) is 97.8 cm³/mol. The average molecular weight is 380 g/mol. The Morgan fingerprint density at radius 2 is 1.85 bits per heavy atom. The second-order valence-electron chi connectivity index (χ2n) is 5.02. The summed E-state index contributed by atoms with van der Waals surface area (Å²) in [6.45, 7) is -3.00. The molecule has 0 aliphatic carbocycles. The number of carbonyl (C=O) groups excluding carboxylic acids is 1. The predicted octanol–water partition coefficient (Wildman–Crippen LogP) is 4.92. The Labute approximate surface area is 154 Å². The standard InChI is InChI=1S/C19H18F2O4S/c1-23-15-6-4-5-12(18(15)25-19(20)21)7-9-14(22)13-8-10-17(26-3)16(11-13)24-2/h4-11,19H,1-3H3/b9-7+. The van der Waals surface area contributed by atoms with Crippen LogP contribution in [-0.2, 0) is 0 Å². The largest absolute Gasteiger partial charge is 0.496 e. The summed E-state index contributed by atoms with van der Waals surface area (Å²) in [7, 11) is 2.88. The molecule has 0 bridgehead atoms. The molecular formula is C19H18F2O4S. The van der Waals surface area contributed by atoms with E-state index in [-0.39, 0.29) is 17.3 Å². The molecule has 0 heterocycles. The van der Waals surface area contributed by atoms with Gasteiger partial charge in [0.1, 0.15) is 5.75 Å². The quantitative estimate of drug-likeness (QED) is 0.369. The van der Waals surface area contributed by atoms with E-state index in [2.05, 4.69) is 4.74 Å². The fourth-order valence-electron chi connectivity index (χ4n) is 2.29. The monoisotopic (exact) mass is 380 g/mol. The summed E-state index contributed by atoms with van der Waals surface area (Å²) in [4.78, 5) is 13.3. The van der Waals surface area contributed by atoms with Crippen LogP contribution in [0.2, 0.25) is 0 Å². The molecule has 0 atom stereocenters. The number of carbonyl (C=O) groups is 1. The molecule has 7 heteroatoms. The molecule has 0 saturated carbocycles. The molecule has 0 aliphatic rings. The van der Waals surface area contributed by atoms with Gasteiger partial charge in [0.15, 0.2) is 17.3 Å². The van der Waals surface area contributed by atoms with E-state index >= 15 is 0 Å². The summed E-state index contributed by atoms with van der Waals surface area (Å²) in [6.07, 6.45) is 4.62. The van der Waals surface area contributed by atoms with Gasteiger partial charge in [0.2, 0.25) is 0 Å². The van der Waals surface area contributed by atoms with Crippen molar-refractivity contribution >= 4 is 23.6 Å². The molecule has 4 nitrogen and oxygen atoms in total. The third-order valence-corrected chi connectivity index (χ3v) is 4.30. The minimum Gasteiger partial charge on any atom is -0.496 e. The molecule has 0 unspecified atom stereocenters. The summed E-state index contributed by atoms with van der Waals surface area (Å²) in [5.41, 5.74) is 0.737. The van der Waals surface area contributed by atoms with Gasteiger partial charge in [-0.05, 0) is 42.7 Å². The van der Waals surface area contributed by atoms with Gasteiger partial charge in [0.25, 0.3) is 0 Å². The lowest BCUT2D eigenvalue weighted by Gasteiger charge is -2.12. The number of rotatable bonds is 8. The maximum Gasteiger partial charge on any atom is 0.387 e. The van der Waals surface area contributed by atoms with Crippen LogP contribution >= 0.6 is 11.8 Å². The summed E-state index contributed by atoms with van der Waals surface area (Å²) >= 11 is 1.51. The van der Waals surface area contributed by atoms with E-state index < -0.39 is 6.61 Å². The number of thioether (sulfide) groups is 1. The molecule has 2 rings (SSSR count). The Morgan fingerprint density at radius 3 is 2.46 bits per heavy atom. The van der Waals surface area contributed by atoms with Gasteiger partial charge in [-0.1, -0.05) is 12.1 Å². The van der Waals surface area contributed by atoms with E-state index in [4.69, 9.17) is 9.47 Å². The lowest BCUT2D eigenvalue weighted by atomic mass is 10.1. The van der Waals surface area contributed by atoms with Crippen molar-refractivity contribution in [3.05, 3.63) is 53.6 Å². The highest BCUT2D eigenvalue weighted by Crippen LogP contribution is 2.33. The molecule has 0 N–H and O–H groups in total. The number of benzene rings is 2. The van der Waals surface area contributed by atoms with E-state index in [0.717, 1.165) is 4.90 Å². The fraction of sp³-hybridized carbons (Fsp3) is 0.211. The number of para-hydroxylation sites is 1. The van der Waals surface area contributed by atoms with Crippen molar-refractivity contribution in [3.63, 3.8) is 0 Å². The number of halogens is 2. The van der Waals surface area contributed by atoms with Crippen molar-refractivity contribution < 1.29 is 27.8 Å². The minimum absolute atomic E-state index is 0.121. The molecule has 138 valence electrons. The van der Waals surface area contributed by atoms with E-state index in [9.17, 15) is 13.6 Å². The first-order chi connectivity index (χ1) is 12.5. The zero-order chi connectivity index (χ0) is 19.1. The van der Waals surface area contributed by atoms with Gasteiger partial charge in [-0.2, -0.15) is 8.78 Å². The van der Waals surface area contributed by atoms with Gasteiger partial charge in [-0.15, -0.1) is 11.8 Å². The van der Waals surface area contributed by atoms with Crippen LogP contribution in [-0.4, -0.2) is 32.9 Å². The average Bonchev–Trinajstić information content (AvgIpc) is 2.65. The van der Waals surface area contributed by atoms with Crippen molar-refractivity contribution in [2.45, 2.75) is 11.5 Å². The molecular weight excluding hydrogens is 362 g/mol. The Kier molecular flexibility index (Phi) is 7.03. The van der Waals surface area contributed by atoms with Crippen LogP contribution in [0.25, 0.3) is 6.08 Å². The SMILES string of the molecule is COc1cc(C(=O)/C=C/c2cccc(OC)c2OC(F)F)ccc1SC. The molecule has 0 saturated heterocycles. The number of methoxy groups -OCH3 is 2. The Morgan fingerprint density at radius 1 is 1.12 bits per heavy atom. The first-order valence-electron chi connectivity index (χ1n) is 7.56. The summed E-state index contributed by atoms with van der Waals surface area (Å²) < 4.78 is 40.1. The van der Waals surface area contributed by atoms with Crippen LogP contribution in [0.1, 0.15) is 15.9 Å². The molecule has 0 spiro atoms. The molecule has 26 heavy (non-hydrogen) atoms. The Bertz CT molecular complexity index is 806. The van der Waals surface area contributed by atoms with Crippen LogP contribution < -0.4 is 14.2 Å². The number of allylic oxidation sites excluding steroid dienone is 1. The van der Waals surface area contributed by atoms with Gasteiger partial charge in [-0.25, -0.2) is 0 Å². The van der Waals surface area contributed by atoms with Crippen molar-refractivity contribution in [1.82, 2.24) is 0 Å².